The van der Waals surface area contributed by atoms with Crippen molar-refractivity contribution in [2.45, 2.75) is 68.2 Å². The number of carbonyl (C=O) groups is 1. The van der Waals surface area contributed by atoms with E-state index in [1.54, 1.807) is 11.8 Å². The molecule has 4 bridgehead atoms. The monoisotopic (exact) mass is 677 g/mol. The van der Waals surface area contributed by atoms with Crippen molar-refractivity contribution >= 4 is 53.2 Å². The van der Waals surface area contributed by atoms with Crippen molar-refractivity contribution in [3.63, 3.8) is 0 Å². The highest BCUT2D eigenvalue weighted by molar-refractivity contribution is 7.98. The smallest absolute Gasteiger partial charge is 0.354 e. The number of benzene rings is 1. The summed E-state index contributed by atoms with van der Waals surface area (Å²) in [5.41, 5.74) is 10.5. The number of hydrogen-bond donors (Lipinski definition) is 0. The summed E-state index contributed by atoms with van der Waals surface area (Å²) in [5, 5.41) is 10.2. The molecule has 8 nitrogen and oxygen atoms in total. The number of ether oxygens (including phenoxy) is 2. The maximum absolute atomic E-state index is 12.8. The largest absolute Gasteiger partial charge is 0.493 e. The molecule has 0 radical (unpaired) electrons. The van der Waals surface area contributed by atoms with Gasteiger partial charge in [0.1, 0.15) is 11.4 Å². The summed E-state index contributed by atoms with van der Waals surface area (Å²) in [7, 11) is 5.41. The first-order valence-electron chi connectivity index (χ1n) is 15.6. The predicted molar refractivity (Wildman–Crippen MR) is 188 cm³/mol. The Morgan fingerprint density at radius 3 is 2.67 bits per heavy atom. The number of methoxy groups -OCH3 is 1. The number of nitrogens with zero attached hydrogens (tertiary/aromatic N) is 5. The van der Waals surface area contributed by atoms with E-state index in [-0.39, 0.29) is 5.97 Å². The number of carbonyl (C=O) groups excluding carboxylic acids is 1. The number of aromatic nitrogens is 5. The summed E-state index contributed by atoms with van der Waals surface area (Å²) in [6.45, 7) is 5.11. The van der Waals surface area contributed by atoms with Gasteiger partial charge in [-0.25, -0.2) is 4.79 Å². The van der Waals surface area contributed by atoms with Gasteiger partial charge >= 0.3 is 5.97 Å². The second kappa shape index (κ2) is 14.2. The minimum atomic E-state index is -0.356. The van der Waals surface area contributed by atoms with Gasteiger partial charge < -0.3 is 14.0 Å². The number of aryl methyl sites for hydroxylation is 4. The van der Waals surface area contributed by atoms with Gasteiger partial charge in [0, 0.05) is 70.5 Å². The van der Waals surface area contributed by atoms with E-state index in [2.05, 4.69) is 25.1 Å². The summed E-state index contributed by atoms with van der Waals surface area (Å²) >= 11 is 10.5. The van der Waals surface area contributed by atoms with E-state index in [1.165, 1.54) is 35.2 Å². The zero-order chi connectivity index (χ0) is 32.4. The van der Waals surface area contributed by atoms with E-state index in [0.717, 1.165) is 76.2 Å². The topological polar surface area (TPSA) is 76.1 Å². The molecule has 1 aromatic carbocycles. The SMILES string of the molecule is COC(=O)c1c(C)cc2n1CCCOc1cc3c(c(c1)SCc1cc(nn1C)CSCc1nn(C)c(C)c1/C=C(Cl)/C=C\2)CCC3. The number of rotatable bonds is 1. The zero-order valence-corrected chi connectivity index (χ0v) is 29.4. The molecule has 1 aliphatic heterocycles. The summed E-state index contributed by atoms with van der Waals surface area (Å²) in [6.07, 6.45) is 9.90. The Morgan fingerprint density at radius 2 is 1.85 bits per heavy atom. The minimum absolute atomic E-state index is 0.356. The van der Waals surface area contributed by atoms with E-state index >= 15 is 0 Å². The summed E-state index contributed by atoms with van der Waals surface area (Å²) in [4.78, 5) is 14.1. The van der Waals surface area contributed by atoms with Crippen molar-refractivity contribution in [2.75, 3.05) is 13.7 Å². The Labute approximate surface area is 284 Å². The number of fused-ring (bicyclic) bond motifs is 8. The molecule has 0 unspecified atom stereocenters. The average Bonchev–Trinajstić information content (AvgIpc) is 3.79. The first kappa shape index (κ1) is 32.6. The van der Waals surface area contributed by atoms with Gasteiger partial charge in [-0.05, 0) is 98.7 Å². The van der Waals surface area contributed by atoms with Gasteiger partial charge in [-0.2, -0.15) is 10.2 Å². The lowest BCUT2D eigenvalue weighted by molar-refractivity contribution is 0.0587. The van der Waals surface area contributed by atoms with Crippen LogP contribution >= 0.6 is 35.1 Å². The number of thioether (sulfide) groups is 2. The van der Waals surface area contributed by atoms with E-state index in [4.69, 9.17) is 31.3 Å². The Bertz CT molecular complexity index is 1830. The number of allylic oxidation sites excluding steroid dienone is 2. The molecule has 242 valence electrons. The van der Waals surface area contributed by atoms with Gasteiger partial charge in [-0.15, -0.1) is 23.5 Å². The van der Waals surface area contributed by atoms with Crippen LogP contribution in [-0.2, 0) is 55.5 Å². The van der Waals surface area contributed by atoms with Crippen molar-refractivity contribution in [3.8, 4) is 5.75 Å². The highest BCUT2D eigenvalue weighted by Crippen LogP contribution is 2.37. The molecule has 4 aromatic rings. The molecule has 11 heteroatoms. The molecule has 1 aliphatic carbocycles. The first-order valence-corrected chi connectivity index (χ1v) is 18.1. The molecule has 4 heterocycles. The van der Waals surface area contributed by atoms with Gasteiger partial charge in [-0.3, -0.25) is 9.36 Å². The second-order valence-electron chi connectivity index (χ2n) is 11.8. The van der Waals surface area contributed by atoms with E-state index in [9.17, 15) is 4.79 Å². The van der Waals surface area contributed by atoms with Gasteiger partial charge in [0.15, 0.2) is 0 Å². The molecule has 0 amide bonds. The summed E-state index contributed by atoms with van der Waals surface area (Å²) in [5.74, 6) is 2.93. The standard InChI is InChI=1S/C35H40ClN5O3S2/c1-22-14-27-11-10-25(36)16-31-23(2)39(3)38-32(31)21-45-19-26-17-28(40(4)37-26)20-46-33-18-29(15-24-8-6-9-30(24)33)44-13-7-12-41(27)34(22)35(42)43-5/h10-11,14-18H,6-9,12-13,19-21H2,1-5H3/b11-10-,25-16-. The molecule has 6 rings (SSSR count). The van der Waals surface area contributed by atoms with Crippen molar-refractivity contribution in [1.29, 1.82) is 0 Å². The lowest BCUT2D eigenvalue weighted by Gasteiger charge is -2.14. The highest BCUT2D eigenvalue weighted by Gasteiger charge is 2.21. The Morgan fingerprint density at radius 1 is 1.00 bits per heavy atom. The fraction of sp³-hybridized carbons (Fsp3) is 0.400. The van der Waals surface area contributed by atoms with Crippen LogP contribution in [0.2, 0.25) is 0 Å². The molecule has 0 saturated heterocycles. The van der Waals surface area contributed by atoms with E-state index in [0.29, 0.717) is 23.9 Å². The molecular formula is C35H40ClN5O3S2. The predicted octanol–water partition coefficient (Wildman–Crippen LogP) is 7.65. The van der Waals surface area contributed by atoms with Gasteiger partial charge in [0.2, 0.25) is 0 Å². The number of halogens is 1. The molecule has 0 saturated carbocycles. The molecule has 3 aromatic heterocycles. The highest BCUT2D eigenvalue weighted by atomic mass is 35.5. The van der Waals surface area contributed by atoms with Gasteiger partial charge in [0.05, 0.1) is 25.1 Å². The van der Waals surface area contributed by atoms with Gasteiger partial charge in [-0.1, -0.05) is 11.6 Å². The summed E-state index contributed by atoms with van der Waals surface area (Å²) in [6, 6.07) is 8.64. The summed E-state index contributed by atoms with van der Waals surface area (Å²) < 4.78 is 17.4. The zero-order valence-electron chi connectivity index (χ0n) is 27.1. The lowest BCUT2D eigenvalue weighted by atomic mass is 10.1. The minimum Gasteiger partial charge on any atom is -0.493 e. The fourth-order valence-electron chi connectivity index (χ4n) is 6.24. The van der Waals surface area contributed by atoms with Crippen molar-refractivity contribution in [1.82, 2.24) is 24.1 Å². The molecule has 0 N–H and O–H groups in total. The molecular weight excluding hydrogens is 638 g/mol. The third-order valence-corrected chi connectivity index (χ3v) is 11.0. The van der Waals surface area contributed by atoms with Crippen molar-refractivity contribution < 1.29 is 14.3 Å². The van der Waals surface area contributed by atoms with Gasteiger partial charge in [0.25, 0.3) is 0 Å². The van der Waals surface area contributed by atoms with Crippen LogP contribution in [0.25, 0.3) is 12.2 Å². The van der Waals surface area contributed by atoms with E-state index < -0.39 is 0 Å². The number of hydrogen-bond acceptors (Lipinski definition) is 7. The van der Waals surface area contributed by atoms with Crippen LogP contribution in [0.4, 0.5) is 0 Å². The van der Waals surface area contributed by atoms with Crippen LogP contribution in [-0.4, -0.2) is 43.8 Å². The maximum Gasteiger partial charge on any atom is 0.354 e. The van der Waals surface area contributed by atoms with Crippen LogP contribution in [0.5, 0.6) is 5.75 Å². The van der Waals surface area contributed by atoms with Crippen molar-refractivity contribution in [3.05, 3.63) is 91.8 Å². The fourth-order valence-corrected chi connectivity index (χ4v) is 8.45. The van der Waals surface area contributed by atoms with Crippen LogP contribution in [0, 0.1) is 13.8 Å². The molecule has 46 heavy (non-hydrogen) atoms. The van der Waals surface area contributed by atoms with Crippen LogP contribution in [0.15, 0.2) is 40.3 Å². The molecule has 0 atom stereocenters. The average molecular weight is 678 g/mol. The molecule has 0 fully saturated rings. The number of esters is 1. The van der Waals surface area contributed by atoms with Crippen molar-refractivity contribution in [2.24, 2.45) is 14.1 Å². The Kier molecular flexibility index (Phi) is 10.1. The molecule has 0 spiro atoms. The quantitative estimate of drug-likeness (QED) is 0.192. The van der Waals surface area contributed by atoms with E-state index in [1.807, 2.05) is 71.0 Å². The van der Waals surface area contributed by atoms with Crippen LogP contribution < -0.4 is 4.74 Å². The normalized spacial score (nSPS) is 17.7. The first-order chi connectivity index (χ1) is 22.2. The second-order valence-corrected chi connectivity index (χ2v) is 14.3. The third kappa shape index (κ3) is 6.99. The van der Waals surface area contributed by atoms with Crippen LogP contribution in [0.3, 0.4) is 0 Å². The molecule has 2 aliphatic rings. The third-order valence-electron chi connectivity index (χ3n) is 8.68. The maximum atomic E-state index is 12.8. The Hall–Kier alpha value is -3.34. The van der Waals surface area contributed by atoms with Crippen LogP contribution in [0.1, 0.15) is 74.1 Å². The Balaban J connectivity index is 1.34. The lowest BCUT2D eigenvalue weighted by Crippen LogP contribution is -2.14.